The van der Waals surface area contributed by atoms with Gasteiger partial charge >= 0.3 is 0 Å². The predicted octanol–water partition coefficient (Wildman–Crippen LogP) is 2.85. The zero-order valence-corrected chi connectivity index (χ0v) is 7.51. The maximum atomic E-state index is 13.2. The highest BCUT2D eigenvalue weighted by Gasteiger charge is 2.24. The second kappa shape index (κ2) is 2.95. The Morgan fingerprint density at radius 1 is 1.54 bits per heavy atom. The van der Waals surface area contributed by atoms with E-state index < -0.39 is 6.17 Å². The summed E-state index contributed by atoms with van der Waals surface area (Å²) >= 11 is 0. The number of halogens is 1. The van der Waals surface area contributed by atoms with Crippen molar-refractivity contribution in [1.29, 1.82) is 0 Å². The summed E-state index contributed by atoms with van der Waals surface area (Å²) in [5.41, 5.74) is 2.33. The van der Waals surface area contributed by atoms with Crippen molar-refractivity contribution in [1.82, 2.24) is 0 Å². The van der Waals surface area contributed by atoms with Crippen molar-refractivity contribution in [2.24, 2.45) is 0 Å². The highest BCUT2D eigenvalue weighted by molar-refractivity contribution is 5.96. The molecular formula is C11H11FO. The Hall–Kier alpha value is -1.18. The molecule has 0 heterocycles. The third kappa shape index (κ3) is 1.26. The molecule has 1 aliphatic carbocycles. The van der Waals surface area contributed by atoms with Crippen LogP contribution in [0.1, 0.15) is 41.0 Å². The van der Waals surface area contributed by atoms with Gasteiger partial charge in [0.15, 0.2) is 5.78 Å². The number of Topliss-reactive ketones (excluding diaryl/α,β-unsaturated/α-hetero) is 1. The highest BCUT2D eigenvalue weighted by Crippen LogP contribution is 2.35. The normalized spacial score (nSPS) is 20.0. The maximum Gasteiger partial charge on any atom is 0.160 e. The zero-order chi connectivity index (χ0) is 9.42. The summed E-state index contributed by atoms with van der Waals surface area (Å²) in [6, 6.07) is 5.31. The molecule has 1 aromatic carbocycles. The first-order valence-electron chi connectivity index (χ1n) is 4.47. The van der Waals surface area contributed by atoms with Crippen molar-refractivity contribution in [3.63, 3.8) is 0 Å². The Labute approximate surface area is 76.6 Å². The van der Waals surface area contributed by atoms with Crippen LogP contribution in [0.5, 0.6) is 0 Å². The molecule has 1 unspecified atom stereocenters. The molecule has 0 bridgehead atoms. The van der Waals surface area contributed by atoms with Crippen molar-refractivity contribution in [2.45, 2.75) is 25.9 Å². The van der Waals surface area contributed by atoms with Crippen LogP contribution < -0.4 is 0 Å². The van der Waals surface area contributed by atoms with Gasteiger partial charge in [-0.1, -0.05) is 18.2 Å². The number of ketones is 1. The van der Waals surface area contributed by atoms with Crippen LogP contribution in [0.25, 0.3) is 0 Å². The molecule has 0 aliphatic heterocycles. The first-order chi connectivity index (χ1) is 6.20. The molecule has 0 saturated carbocycles. The van der Waals surface area contributed by atoms with Crippen molar-refractivity contribution in [3.05, 3.63) is 34.9 Å². The van der Waals surface area contributed by atoms with E-state index in [-0.39, 0.29) is 5.78 Å². The van der Waals surface area contributed by atoms with Gasteiger partial charge in [-0.05, 0) is 30.9 Å². The van der Waals surface area contributed by atoms with Gasteiger partial charge < -0.3 is 0 Å². The van der Waals surface area contributed by atoms with Crippen molar-refractivity contribution in [3.8, 4) is 0 Å². The average molecular weight is 178 g/mol. The number of fused-ring (bicyclic) bond motifs is 1. The summed E-state index contributed by atoms with van der Waals surface area (Å²) in [5.74, 6) is 0.0333. The largest absolute Gasteiger partial charge is 0.295 e. The van der Waals surface area contributed by atoms with E-state index in [1.807, 2.05) is 0 Å². The quantitative estimate of drug-likeness (QED) is 0.604. The second-order valence-corrected chi connectivity index (χ2v) is 3.44. The van der Waals surface area contributed by atoms with E-state index in [4.69, 9.17) is 0 Å². The molecule has 0 amide bonds. The average Bonchev–Trinajstić information content (AvgIpc) is 2.48. The molecule has 1 aromatic rings. The lowest BCUT2D eigenvalue weighted by Crippen LogP contribution is -1.98. The van der Waals surface area contributed by atoms with Gasteiger partial charge in [0.2, 0.25) is 0 Å². The molecule has 1 nitrogen and oxygen atoms in total. The van der Waals surface area contributed by atoms with E-state index in [0.29, 0.717) is 24.0 Å². The number of carbonyl (C=O) groups is 1. The van der Waals surface area contributed by atoms with Crippen LogP contribution in [-0.4, -0.2) is 5.78 Å². The molecule has 1 atom stereocenters. The molecule has 0 fully saturated rings. The SMILES string of the molecule is CC(=O)c1cccc2c1CCC2F. The Balaban J connectivity index is 2.57. The standard InChI is InChI=1S/C11H11FO/c1-7(13)8-3-2-4-10-9(8)5-6-11(10)12/h2-4,11H,5-6H2,1H3. The minimum Gasteiger partial charge on any atom is -0.295 e. The lowest BCUT2D eigenvalue weighted by molar-refractivity contribution is 0.101. The van der Waals surface area contributed by atoms with Gasteiger partial charge in [-0.3, -0.25) is 4.79 Å². The van der Waals surface area contributed by atoms with E-state index in [9.17, 15) is 9.18 Å². The van der Waals surface area contributed by atoms with E-state index in [1.165, 1.54) is 6.92 Å². The van der Waals surface area contributed by atoms with Crippen LogP contribution in [0.4, 0.5) is 4.39 Å². The number of alkyl halides is 1. The predicted molar refractivity (Wildman–Crippen MR) is 48.6 cm³/mol. The molecular weight excluding hydrogens is 167 g/mol. The minimum atomic E-state index is -0.866. The van der Waals surface area contributed by atoms with Gasteiger partial charge in [-0.25, -0.2) is 4.39 Å². The Morgan fingerprint density at radius 3 is 3.00 bits per heavy atom. The number of hydrogen-bond donors (Lipinski definition) is 0. The van der Waals surface area contributed by atoms with Crippen molar-refractivity contribution < 1.29 is 9.18 Å². The van der Waals surface area contributed by atoms with Crippen LogP contribution in [0.2, 0.25) is 0 Å². The molecule has 2 heteroatoms. The van der Waals surface area contributed by atoms with Gasteiger partial charge in [0.1, 0.15) is 6.17 Å². The summed E-state index contributed by atoms with van der Waals surface area (Å²) in [4.78, 5) is 11.2. The van der Waals surface area contributed by atoms with Gasteiger partial charge in [0, 0.05) is 5.56 Å². The third-order valence-corrected chi connectivity index (χ3v) is 2.58. The Bertz CT molecular complexity index is 357. The summed E-state index contributed by atoms with van der Waals surface area (Å²) in [5, 5.41) is 0. The number of carbonyl (C=O) groups excluding carboxylic acids is 1. The van der Waals surface area contributed by atoms with Gasteiger partial charge in [-0.15, -0.1) is 0 Å². The number of rotatable bonds is 1. The van der Waals surface area contributed by atoms with Crippen LogP contribution in [-0.2, 0) is 6.42 Å². The molecule has 0 aromatic heterocycles. The summed E-state index contributed by atoms with van der Waals surface area (Å²) in [6.45, 7) is 1.53. The monoisotopic (exact) mass is 178 g/mol. The first-order valence-corrected chi connectivity index (χ1v) is 4.47. The first kappa shape index (κ1) is 8.42. The van der Waals surface area contributed by atoms with E-state index in [2.05, 4.69) is 0 Å². The summed E-state index contributed by atoms with van der Waals surface area (Å²) in [6.07, 6.45) is 0.362. The zero-order valence-electron chi connectivity index (χ0n) is 7.51. The summed E-state index contributed by atoms with van der Waals surface area (Å²) < 4.78 is 13.2. The third-order valence-electron chi connectivity index (χ3n) is 2.58. The van der Waals surface area contributed by atoms with Gasteiger partial charge in [-0.2, -0.15) is 0 Å². The van der Waals surface area contributed by atoms with E-state index in [0.717, 1.165) is 5.56 Å². The van der Waals surface area contributed by atoms with Crippen LogP contribution in [0.3, 0.4) is 0 Å². The lowest BCUT2D eigenvalue weighted by Gasteiger charge is -2.04. The molecule has 68 valence electrons. The fraction of sp³-hybridized carbons (Fsp3) is 0.364. The minimum absolute atomic E-state index is 0.0333. The molecule has 0 spiro atoms. The second-order valence-electron chi connectivity index (χ2n) is 3.44. The van der Waals surface area contributed by atoms with E-state index >= 15 is 0 Å². The maximum absolute atomic E-state index is 13.2. The number of hydrogen-bond acceptors (Lipinski definition) is 1. The molecule has 1 aliphatic rings. The van der Waals surface area contributed by atoms with Crippen molar-refractivity contribution in [2.75, 3.05) is 0 Å². The Kier molecular flexibility index (Phi) is 1.91. The van der Waals surface area contributed by atoms with Gasteiger partial charge in [0.05, 0.1) is 0 Å². The van der Waals surface area contributed by atoms with Gasteiger partial charge in [0.25, 0.3) is 0 Å². The summed E-state index contributed by atoms with van der Waals surface area (Å²) in [7, 11) is 0. The smallest absolute Gasteiger partial charge is 0.160 e. The molecule has 2 rings (SSSR count). The molecule has 0 N–H and O–H groups in total. The lowest BCUT2D eigenvalue weighted by atomic mass is 10.0. The molecule has 0 radical (unpaired) electrons. The molecule has 0 saturated heterocycles. The fourth-order valence-electron chi connectivity index (χ4n) is 1.93. The van der Waals surface area contributed by atoms with Crippen LogP contribution >= 0.6 is 0 Å². The van der Waals surface area contributed by atoms with Crippen LogP contribution in [0.15, 0.2) is 18.2 Å². The Morgan fingerprint density at radius 2 is 2.31 bits per heavy atom. The van der Waals surface area contributed by atoms with Crippen LogP contribution in [0, 0.1) is 0 Å². The highest BCUT2D eigenvalue weighted by atomic mass is 19.1. The van der Waals surface area contributed by atoms with E-state index in [1.54, 1.807) is 18.2 Å². The topological polar surface area (TPSA) is 17.1 Å². The number of benzene rings is 1. The molecule has 13 heavy (non-hydrogen) atoms. The fourth-order valence-corrected chi connectivity index (χ4v) is 1.93. The van der Waals surface area contributed by atoms with Crippen molar-refractivity contribution >= 4 is 5.78 Å².